The van der Waals surface area contributed by atoms with E-state index in [1.165, 1.54) is 41.5 Å². The normalized spacial score (nSPS) is 21.4. The summed E-state index contributed by atoms with van der Waals surface area (Å²) < 4.78 is 37.6. The number of nitrogens with two attached hydrogens (primary N) is 1. The maximum atomic E-state index is 12.3. The van der Waals surface area contributed by atoms with Gasteiger partial charge in [-0.1, -0.05) is 18.2 Å². The molecule has 17 heteroatoms. The molecule has 202 valence electrons. The summed E-state index contributed by atoms with van der Waals surface area (Å²) in [6.45, 7) is -0.772. The standard InChI is InChI=1S/C21H22N6O10S/c22-18-15-19(24-8-23-18)27(9-25-15)20-17(31)16(30)13(37-20)7-36-38(34,35)26-14(29)6-5-12(28)10-3-1-2-4-11(10)21(32)33/h1-4,8-9,13,16-17,20,30-31H,5-7H2,(H,26,29)(H,32,33)(H2,22,23,24)/t13-,16-,17-,20-/m1/s1. The van der Waals surface area contributed by atoms with E-state index < -0.39 is 72.0 Å². The Morgan fingerprint density at radius 3 is 2.50 bits per heavy atom. The minimum absolute atomic E-state index is 0.0799. The van der Waals surface area contributed by atoms with E-state index in [0.717, 1.165) is 0 Å². The Balaban J connectivity index is 1.32. The van der Waals surface area contributed by atoms with Crippen LogP contribution in [0.25, 0.3) is 11.2 Å². The van der Waals surface area contributed by atoms with E-state index in [1.54, 1.807) is 4.72 Å². The van der Waals surface area contributed by atoms with Crippen LogP contribution in [0.15, 0.2) is 36.9 Å². The zero-order valence-electron chi connectivity index (χ0n) is 19.4. The number of aliphatic hydroxyl groups excluding tert-OH is 2. The van der Waals surface area contributed by atoms with E-state index in [4.69, 9.17) is 14.7 Å². The van der Waals surface area contributed by atoms with E-state index in [-0.39, 0.29) is 28.1 Å². The highest BCUT2D eigenvalue weighted by atomic mass is 32.2. The third-order valence-corrected chi connectivity index (χ3v) is 6.59. The Labute approximate surface area is 214 Å². The summed E-state index contributed by atoms with van der Waals surface area (Å²) in [5.41, 5.74) is 5.81. The number of imidazole rings is 1. The van der Waals surface area contributed by atoms with Gasteiger partial charge in [-0.15, -0.1) is 0 Å². The number of carboxylic acids is 1. The minimum atomic E-state index is -4.69. The van der Waals surface area contributed by atoms with Gasteiger partial charge in [-0.25, -0.2) is 24.5 Å². The maximum absolute atomic E-state index is 12.3. The van der Waals surface area contributed by atoms with Crippen LogP contribution >= 0.6 is 0 Å². The van der Waals surface area contributed by atoms with Crippen molar-refractivity contribution in [1.82, 2.24) is 24.2 Å². The number of carbonyl (C=O) groups is 3. The first-order valence-corrected chi connectivity index (χ1v) is 12.4. The number of fused-ring (bicyclic) bond motifs is 1. The van der Waals surface area contributed by atoms with Gasteiger partial charge in [-0.2, -0.15) is 8.42 Å². The fourth-order valence-electron chi connectivity index (χ4n) is 3.80. The Kier molecular flexibility index (Phi) is 7.65. The van der Waals surface area contributed by atoms with Gasteiger partial charge in [0, 0.05) is 18.4 Å². The molecule has 4 rings (SSSR count). The number of carbonyl (C=O) groups excluding carboxylic acids is 2. The SMILES string of the molecule is Nc1ncnc2c1ncn2[C@@H]1O[C@H](COS(=O)(=O)NC(=O)CCC(=O)c2ccccc2C(=O)O)[C@@H](O)[C@H]1O. The molecule has 1 saturated heterocycles. The van der Waals surface area contributed by atoms with Crippen molar-refractivity contribution in [1.29, 1.82) is 0 Å². The van der Waals surface area contributed by atoms with Crippen molar-refractivity contribution in [2.24, 2.45) is 0 Å². The third kappa shape index (κ3) is 5.60. The van der Waals surface area contributed by atoms with Gasteiger partial charge in [-0.05, 0) is 6.07 Å². The molecule has 4 atom stereocenters. The lowest BCUT2D eigenvalue weighted by Gasteiger charge is -2.16. The highest BCUT2D eigenvalue weighted by Crippen LogP contribution is 2.32. The van der Waals surface area contributed by atoms with Crippen molar-refractivity contribution in [2.75, 3.05) is 12.3 Å². The third-order valence-electron chi connectivity index (χ3n) is 5.66. The van der Waals surface area contributed by atoms with Crippen molar-refractivity contribution < 1.29 is 47.0 Å². The van der Waals surface area contributed by atoms with Crippen LogP contribution in [0.5, 0.6) is 0 Å². The smallest absolute Gasteiger partial charge is 0.362 e. The fourth-order valence-corrected chi connectivity index (χ4v) is 4.56. The summed E-state index contributed by atoms with van der Waals surface area (Å²) in [6, 6.07) is 5.41. The van der Waals surface area contributed by atoms with Crippen LogP contribution in [0, 0.1) is 0 Å². The molecule has 3 heterocycles. The number of ketones is 1. The number of nitrogens with one attached hydrogen (secondary N) is 1. The van der Waals surface area contributed by atoms with Gasteiger partial charge < -0.3 is 25.8 Å². The molecular weight excluding hydrogens is 528 g/mol. The van der Waals surface area contributed by atoms with Crippen LogP contribution in [0.3, 0.4) is 0 Å². The predicted octanol–water partition coefficient (Wildman–Crippen LogP) is -1.23. The Morgan fingerprint density at radius 1 is 1.08 bits per heavy atom. The molecule has 0 unspecified atom stereocenters. The molecule has 2 aromatic heterocycles. The van der Waals surface area contributed by atoms with Crippen molar-refractivity contribution in [3.05, 3.63) is 48.0 Å². The summed E-state index contributed by atoms with van der Waals surface area (Å²) in [7, 11) is -4.69. The molecule has 0 radical (unpaired) electrons. The maximum Gasteiger partial charge on any atom is 0.362 e. The lowest BCUT2D eigenvalue weighted by Crippen LogP contribution is -2.37. The van der Waals surface area contributed by atoms with Crippen molar-refractivity contribution in [3.8, 4) is 0 Å². The number of nitrogens with zero attached hydrogens (tertiary/aromatic N) is 4. The molecule has 0 spiro atoms. The Morgan fingerprint density at radius 2 is 1.79 bits per heavy atom. The summed E-state index contributed by atoms with van der Waals surface area (Å²) in [6.07, 6.45) is -4.24. The zero-order chi connectivity index (χ0) is 27.6. The average molecular weight is 551 g/mol. The number of amides is 1. The van der Waals surface area contributed by atoms with Gasteiger partial charge in [0.1, 0.15) is 30.2 Å². The topological polar surface area (TPSA) is 246 Å². The quantitative estimate of drug-likeness (QED) is 0.185. The van der Waals surface area contributed by atoms with Gasteiger partial charge in [0.05, 0.1) is 18.5 Å². The zero-order valence-corrected chi connectivity index (χ0v) is 20.2. The van der Waals surface area contributed by atoms with Gasteiger partial charge in [0.25, 0.3) is 0 Å². The number of Topliss-reactive ketones (excluding diaryl/α,β-unsaturated/α-hetero) is 1. The van der Waals surface area contributed by atoms with Gasteiger partial charge >= 0.3 is 16.3 Å². The van der Waals surface area contributed by atoms with Gasteiger partial charge in [0.2, 0.25) is 5.91 Å². The van der Waals surface area contributed by atoms with E-state index in [2.05, 4.69) is 15.0 Å². The summed E-state index contributed by atoms with van der Waals surface area (Å²) in [5, 5.41) is 29.9. The van der Waals surface area contributed by atoms with E-state index in [1.807, 2.05) is 0 Å². The molecule has 0 aliphatic carbocycles. The number of hydrogen-bond acceptors (Lipinski definition) is 13. The second-order valence-electron chi connectivity index (χ2n) is 8.17. The molecule has 0 bridgehead atoms. The van der Waals surface area contributed by atoms with E-state index >= 15 is 0 Å². The van der Waals surface area contributed by atoms with Crippen molar-refractivity contribution in [2.45, 2.75) is 37.4 Å². The number of aromatic nitrogens is 4. The monoisotopic (exact) mass is 550 g/mol. The highest BCUT2D eigenvalue weighted by molar-refractivity contribution is 7.85. The van der Waals surface area contributed by atoms with E-state index in [0.29, 0.717) is 0 Å². The lowest BCUT2D eigenvalue weighted by atomic mass is 10.0. The second-order valence-corrected chi connectivity index (χ2v) is 9.52. The van der Waals surface area contributed by atoms with Crippen LogP contribution in [0.1, 0.15) is 39.8 Å². The first kappa shape index (κ1) is 27.0. The van der Waals surface area contributed by atoms with Crippen LogP contribution in [0.4, 0.5) is 5.82 Å². The fraction of sp³-hybridized carbons (Fsp3) is 0.333. The molecular formula is C21H22N6O10S. The molecule has 1 fully saturated rings. The number of carboxylic acid groups (broad SMARTS) is 1. The second kappa shape index (κ2) is 10.8. The summed E-state index contributed by atoms with van der Waals surface area (Å²) in [5.74, 6) is -3.00. The molecule has 6 N–H and O–H groups in total. The number of hydrogen-bond donors (Lipinski definition) is 5. The number of rotatable bonds is 10. The lowest BCUT2D eigenvalue weighted by molar-refractivity contribution is -0.119. The highest BCUT2D eigenvalue weighted by Gasteiger charge is 2.45. The van der Waals surface area contributed by atoms with Crippen LogP contribution in [-0.4, -0.2) is 85.8 Å². The molecule has 16 nitrogen and oxygen atoms in total. The molecule has 1 aliphatic rings. The molecule has 1 amide bonds. The summed E-state index contributed by atoms with van der Waals surface area (Å²) in [4.78, 5) is 47.5. The minimum Gasteiger partial charge on any atom is -0.478 e. The first-order chi connectivity index (χ1) is 18.0. The Hall–Kier alpha value is -4.03. The molecule has 3 aromatic rings. The summed E-state index contributed by atoms with van der Waals surface area (Å²) >= 11 is 0. The van der Waals surface area contributed by atoms with Gasteiger partial charge in [0.15, 0.2) is 23.5 Å². The van der Waals surface area contributed by atoms with E-state index in [9.17, 15) is 38.1 Å². The van der Waals surface area contributed by atoms with Crippen molar-refractivity contribution in [3.63, 3.8) is 0 Å². The molecule has 1 aromatic carbocycles. The molecule has 0 saturated carbocycles. The number of nitrogen functional groups attached to an aromatic ring is 1. The average Bonchev–Trinajstić information content (AvgIpc) is 3.42. The first-order valence-electron chi connectivity index (χ1n) is 11.0. The van der Waals surface area contributed by atoms with Crippen LogP contribution in [0.2, 0.25) is 0 Å². The van der Waals surface area contributed by atoms with Crippen LogP contribution in [-0.2, 0) is 24.0 Å². The number of benzene rings is 1. The Bertz CT molecular complexity index is 1490. The number of aromatic carboxylic acids is 1. The molecule has 1 aliphatic heterocycles. The largest absolute Gasteiger partial charge is 0.478 e. The number of ether oxygens (including phenoxy) is 1. The van der Waals surface area contributed by atoms with Crippen LogP contribution < -0.4 is 10.5 Å². The predicted molar refractivity (Wildman–Crippen MR) is 126 cm³/mol. The van der Waals surface area contributed by atoms with Crippen molar-refractivity contribution >= 4 is 44.9 Å². The van der Waals surface area contributed by atoms with Gasteiger partial charge in [-0.3, -0.25) is 18.3 Å². The number of aliphatic hydroxyl groups is 2. The molecule has 38 heavy (non-hydrogen) atoms. The number of anilines is 1.